The molecule has 17 heavy (non-hydrogen) atoms. The van der Waals surface area contributed by atoms with E-state index in [9.17, 15) is 0 Å². The minimum Gasteiger partial charge on any atom is -0.463 e. The van der Waals surface area contributed by atoms with Gasteiger partial charge in [-0.2, -0.15) is 15.0 Å². The molecule has 2 heterocycles. The number of imidazole rings is 1. The first-order chi connectivity index (χ1) is 8.28. The molecule has 0 unspecified atom stereocenters. The van der Waals surface area contributed by atoms with Crippen molar-refractivity contribution in [1.29, 1.82) is 0 Å². The van der Waals surface area contributed by atoms with Gasteiger partial charge in [-0.05, 0) is 29.8 Å². The summed E-state index contributed by atoms with van der Waals surface area (Å²) in [5.74, 6) is 0. The number of hydrogen-bond acceptors (Lipinski definition) is 6. The molecular weight excluding hydrogens is 262 g/mol. The third kappa shape index (κ3) is 3.57. The molecule has 8 heteroatoms. The molecule has 0 amide bonds. The third-order valence-electron chi connectivity index (χ3n) is 1.66. The summed E-state index contributed by atoms with van der Waals surface area (Å²) in [4.78, 5) is 19.0. The highest BCUT2D eigenvalue weighted by Gasteiger charge is 2.08. The number of halogens is 1. The molecule has 0 radical (unpaired) electrons. The summed E-state index contributed by atoms with van der Waals surface area (Å²) in [6.45, 7) is 2.55. The van der Waals surface area contributed by atoms with Crippen LogP contribution in [0.1, 0.15) is 13.3 Å². The second-order valence-corrected chi connectivity index (χ2v) is 4.31. The molecule has 0 aliphatic carbocycles. The predicted octanol–water partition coefficient (Wildman–Crippen LogP) is 2.19. The van der Waals surface area contributed by atoms with Crippen LogP contribution in [0, 0.1) is 0 Å². The van der Waals surface area contributed by atoms with Crippen molar-refractivity contribution in [2.75, 3.05) is 6.61 Å². The number of aromatic nitrogens is 5. The van der Waals surface area contributed by atoms with E-state index in [2.05, 4.69) is 24.9 Å². The van der Waals surface area contributed by atoms with Gasteiger partial charge in [0.15, 0.2) is 5.16 Å². The van der Waals surface area contributed by atoms with E-state index in [4.69, 9.17) is 16.3 Å². The molecule has 0 fully saturated rings. The van der Waals surface area contributed by atoms with Crippen LogP contribution in [0.3, 0.4) is 0 Å². The normalized spacial score (nSPS) is 10.5. The van der Waals surface area contributed by atoms with Gasteiger partial charge in [0.25, 0.3) is 0 Å². The molecule has 1 N–H and O–H groups in total. The van der Waals surface area contributed by atoms with Crippen molar-refractivity contribution < 1.29 is 4.74 Å². The Kier molecular flexibility index (Phi) is 4.16. The van der Waals surface area contributed by atoms with Crippen LogP contribution in [-0.4, -0.2) is 31.5 Å². The fourth-order valence-corrected chi connectivity index (χ4v) is 1.88. The van der Waals surface area contributed by atoms with E-state index in [-0.39, 0.29) is 11.3 Å². The van der Waals surface area contributed by atoms with Gasteiger partial charge in [-0.1, -0.05) is 6.92 Å². The molecule has 0 saturated heterocycles. The second kappa shape index (κ2) is 5.83. The van der Waals surface area contributed by atoms with E-state index < -0.39 is 0 Å². The first kappa shape index (κ1) is 12.1. The summed E-state index contributed by atoms with van der Waals surface area (Å²) < 4.78 is 5.31. The largest absolute Gasteiger partial charge is 0.463 e. The van der Waals surface area contributed by atoms with Crippen LogP contribution < -0.4 is 4.74 Å². The second-order valence-electron chi connectivity index (χ2n) is 3.01. The van der Waals surface area contributed by atoms with Crippen LogP contribution in [0.2, 0.25) is 5.28 Å². The highest BCUT2D eigenvalue weighted by atomic mass is 35.5. The molecule has 0 saturated carbocycles. The van der Waals surface area contributed by atoms with Crippen molar-refractivity contribution in [2.24, 2.45) is 0 Å². The lowest BCUT2D eigenvalue weighted by Gasteiger charge is -2.03. The highest BCUT2D eigenvalue weighted by molar-refractivity contribution is 7.99. The Bertz CT molecular complexity index is 478. The van der Waals surface area contributed by atoms with Crippen LogP contribution in [-0.2, 0) is 0 Å². The monoisotopic (exact) mass is 271 g/mol. The number of rotatable bonds is 5. The molecule has 90 valence electrons. The molecule has 2 aromatic rings. The summed E-state index contributed by atoms with van der Waals surface area (Å²) >= 11 is 7.05. The number of nitrogens with zero attached hydrogens (tertiary/aromatic N) is 4. The van der Waals surface area contributed by atoms with Crippen molar-refractivity contribution in [3.05, 3.63) is 17.7 Å². The van der Waals surface area contributed by atoms with Gasteiger partial charge in [0.05, 0.1) is 6.61 Å². The Hall–Kier alpha value is -1.34. The van der Waals surface area contributed by atoms with Gasteiger partial charge in [-0.25, -0.2) is 4.98 Å². The summed E-state index contributed by atoms with van der Waals surface area (Å²) in [5, 5.41) is 1.25. The van der Waals surface area contributed by atoms with Crippen LogP contribution in [0.5, 0.6) is 6.01 Å². The zero-order chi connectivity index (χ0) is 12.1. The van der Waals surface area contributed by atoms with E-state index >= 15 is 0 Å². The van der Waals surface area contributed by atoms with E-state index in [1.54, 1.807) is 12.4 Å². The van der Waals surface area contributed by atoms with Crippen molar-refractivity contribution in [3.8, 4) is 6.01 Å². The molecule has 0 aliphatic heterocycles. The molecule has 6 nitrogen and oxygen atoms in total. The highest BCUT2D eigenvalue weighted by Crippen LogP contribution is 2.22. The van der Waals surface area contributed by atoms with Crippen molar-refractivity contribution in [2.45, 2.75) is 23.7 Å². The van der Waals surface area contributed by atoms with E-state index in [0.717, 1.165) is 6.42 Å². The van der Waals surface area contributed by atoms with Gasteiger partial charge >= 0.3 is 6.01 Å². The Morgan fingerprint density at radius 1 is 1.41 bits per heavy atom. The van der Waals surface area contributed by atoms with Gasteiger partial charge in [-0.3, -0.25) is 0 Å². The first-order valence-corrected chi connectivity index (χ1v) is 6.19. The smallest absolute Gasteiger partial charge is 0.321 e. The minimum absolute atomic E-state index is 0.111. The predicted molar refractivity (Wildman–Crippen MR) is 63.3 cm³/mol. The standard InChI is InChI=1S/C9H10ClN5OS/c1-2-5-16-7-13-6(10)14-9(15-7)17-8-11-3-4-12-8/h3-4H,2,5H2,1H3,(H,11,12). The Morgan fingerprint density at radius 3 is 3.00 bits per heavy atom. The molecule has 2 aromatic heterocycles. The quantitative estimate of drug-likeness (QED) is 0.898. The summed E-state index contributed by atoms with van der Waals surface area (Å²) in [7, 11) is 0. The number of H-pyrrole nitrogens is 1. The zero-order valence-electron chi connectivity index (χ0n) is 9.05. The summed E-state index contributed by atoms with van der Waals surface area (Å²) in [6.07, 6.45) is 4.25. The van der Waals surface area contributed by atoms with E-state index in [1.807, 2.05) is 6.92 Å². The molecule has 0 aliphatic rings. The SMILES string of the molecule is CCCOc1nc(Cl)nc(Sc2ncc[nH]2)n1. The van der Waals surface area contributed by atoms with Crippen LogP contribution in [0.15, 0.2) is 22.7 Å². The number of hydrogen-bond donors (Lipinski definition) is 1. The minimum atomic E-state index is 0.111. The number of aromatic amines is 1. The Labute approximate surface area is 107 Å². The van der Waals surface area contributed by atoms with Gasteiger partial charge in [0.1, 0.15) is 0 Å². The van der Waals surface area contributed by atoms with Crippen molar-refractivity contribution in [3.63, 3.8) is 0 Å². The average molecular weight is 272 g/mol. The lowest BCUT2D eigenvalue weighted by molar-refractivity contribution is 0.288. The zero-order valence-corrected chi connectivity index (χ0v) is 10.6. The molecule has 0 bridgehead atoms. The van der Waals surface area contributed by atoms with Gasteiger partial charge in [0, 0.05) is 12.4 Å². The van der Waals surface area contributed by atoms with Crippen LogP contribution in [0.4, 0.5) is 0 Å². The molecular formula is C9H10ClN5OS. The fourth-order valence-electron chi connectivity index (χ4n) is 1.01. The maximum absolute atomic E-state index is 5.78. The topological polar surface area (TPSA) is 76.6 Å². The third-order valence-corrected chi connectivity index (χ3v) is 2.61. The molecule has 0 atom stereocenters. The summed E-state index contributed by atoms with van der Waals surface area (Å²) in [5.41, 5.74) is 0. The maximum atomic E-state index is 5.78. The van der Waals surface area contributed by atoms with Gasteiger partial charge in [-0.15, -0.1) is 0 Å². The Morgan fingerprint density at radius 2 is 2.29 bits per heavy atom. The Balaban J connectivity index is 2.13. The first-order valence-electron chi connectivity index (χ1n) is 4.99. The van der Waals surface area contributed by atoms with Crippen molar-refractivity contribution in [1.82, 2.24) is 24.9 Å². The van der Waals surface area contributed by atoms with E-state index in [1.165, 1.54) is 11.8 Å². The van der Waals surface area contributed by atoms with Crippen molar-refractivity contribution >= 4 is 23.4 Å². The average Bonchev–Trinajstić information content (AvgIpc) is 2.78. The lowest BCUT2D eigenvalue weighted by Crippen LogP contribution is -2.02. The number of nitrogens with one attached hydrogen (secondary N) is 1. The van der Waals surface area contributed by atoms with Crippen LogP contribution >= 0.6 is 23.4 Å². The van der Waals surface area contributed by atoms with Gasteiger partial charge in [0.2, 0.25) is 10.4 Å². The fraction of sp³-hybridized carbons (Fsp3) is 0.333. The molecule has 2 rings (SSSR count). The van der Waals surface area contributed by atoms with Crippen LogP contribution in [0.25, 0.3) is 0 Å². The molecule has 0 aromatic carbocycles. The van der Waals surface area contributed by atoms with E-state index in [0.29, 0.717) is 16.9 Å². The molecule has 0 spiro atoms. The van der Waals surface area contributed by atoms with Gasteiger partial charge < -0.3 is 9.72 Å². The summed E-state index contributed by atoms with van der Waals surface area (Å²) in [6, 6.07) is 0.237. The lowest BCUT2D eigenvalue weighted by atomic mass is 10.5. The number of ether oxygens (including phenoxy) is 1. The maximum Gasteiger partial charge on any atom is 0.321 e.